The maximum absolute atomic E-state index is 14.5. The van der Waals surface area contributed by atoms with Crippen molar-refractivity contribution in [1.82, 2.24) is 9.97 Å². The highest BCUT2D eigenvalue weighted by molar-refractivity contribution is 9.10. The molecular weight excluding hydrogens is 357 g/mol. The van der Waals surface area contributed by atoms with E-state index in [0.717, 1.165) is 5.56 Å². The van der Waals surface area contributed by atoms with E-state index < -0.39 is 5.82 Å². The lowest BCUT2D eigenvalue weighted by atomic mass is 10.1. The smallest absolute Gasteiger partial charge is 0.152 e. The molecule has 0 amide bonds. The molecule has 2 rings (SSSR count). The summed E-state index contributed by atoms with van der Waals surface area (Å²) in [6.07, 6.45) is 0. The molecule has 0 spiro atoms. The number of hydrogen-bond donors (Lipinski definition) is 1. The fraction of sp³-hybridized carbons (Fsp3) is 0.333. The average Bonchev–Trinajstić information content (AvgIpc) is 2.45. The van der Waals surface area contributed by atoms with Crippen molar-refractivity contribution in [3.05, 3.63) is 38.8 Å². The van der Waals surface area contributed by atoms with Gasteiger partial charge in [0.25, 0.3) is 0 Å². The van der Waals surface area contributed by atoms with Gasteiger partial charge < -0.3 is 5.32 Å². The van der Waals surface area contributed by atoms with Gasteiger partial charge in [-0.25, -0.2) is 14.4 Å². The molecular formula is C15H16BrClFN3. The van der Waals surface area contributed by atoms with Crippen LogP contribution in [0.1, 0.15) is 31.2 Å². The molecule has 0 aliphatic heterocycles. The zero-order valence-corrected chi connectivity index (χ0v) is 14.6. The first-order valence-electron chi connectivity index (χ1n) is 6.57. The molecule has 21 heavy (non-hydrogen) atoms. The van der Waals surface area contributed by atoms with Gasteiger partial charge in [-0.3, -0.25) is 0 Å². The van der Waals surface area contributed by atoms with Crippen molar-refractivity contribution in [2.45, 2.75) is 26.7 Å². The van der Waals surface area contributed by atoms with E-state index in [9.17, 15) is 4.39 Å². The molecule has 0 fully saturated rings. The molecule has 0 saturated heterocycles. The summed E-state index contributed by atoms with van der Waals surface area (Å²) in [5.41, 5.74) is 1.73. The molecule has 0 saturated carbocycles. The van der Waals surface area contributed by atoms with E-state index in [1.807, 2.05) is 20.8 Å². The molecule has 3 nitrogen and oxygen atoms in total. The predicted molar refractivity (Wildman–Crippen MR) is 88.5 cm³/mol. The van der Waals surface area contributed by atoms with E-state index >= 15 is 0 Å². The van der Waals surface area contributed by atoms with Crippen molar-refractivity contribution in [3.8, 4) is 11.3 Å². The van der Waals surface area contributed by atoms with Crippen LogP contribution in [0, 0.1) is 12.7 Å². The Morgan fingerprint density at radius 1 is 1.29 bits per heavy atom. The number of nitrogens with one attached hydrogen (secondary N) is 1. The van der Waals surface area contributed by atoms with Gasteiger partial charge in [0.1, 0.15) is 11.6 Å². The van der Waals surface area contributed by atoms with E-state index in [4.69, 9.17) is 11.6 Å². The zero-order valence-electron chi connectivity index (χ0n) is 12.3. The van der Waals surface area contributed by atoms with Crippen molar-refractivity contribution in [1.29, 1.82) is 0 Å². The third kappa shape index (κ3) is 3.04. The van der Waals surface area contributed by atoms with Gasteiger partial charge in [-0.1, -0.05) is 25.4 Å². The van der Waals surface area contributed by atoms with Crippen LogP contribution in [0.2, 0.25) is 5.02 Å². The van der Waals surface area contributed by atoms with Gasteiger partial charge >= 0.3 is 0 Å². The topological polar surface area (TPSA) is 37.8 Å². The van der Waals surface area contributed by atoms with Gasteiger partial charge in [0.15, 0.2) is 5.82 Å². The van der Waals surface area contributed by atoms with Crippen LogP contribution in [0.15, 0.2) is 16.6 Å². The van der Waals surface area contributed by atoms with Crippen molar-refractivity contribution < 1.29 is 4.39 Å². The quantitative estimate of drug-likeness (QED) is 0.755. The number of hydrogen-bond acceptors (Lipinski definition) is 3. The number of halogens is 3. The maximum Gasteiger partial charge on any atom is 0.152 e. The highest BCUT2D eigenvalue weighted by Gasteiger charge is 2.19. The summed E-state index contributed by atoms with van der Waals surface area (Å²) in [5.74, 6) is 1.02. The molecule has 0 atom stereocenters. The fourth-order valence-corrected chi connectivity index (χ4v) is 2.48. The normalized spacial score (nSPS) is 11.0. The summed E-state index contributed by atoms with van der Waals surface area (Å²) in [5, 5.41) is 3.09. The second-order valence-corrected chi connectivity index (χ2v) is 6.26. The van der Waals surface area contributed by atoms with E-state index in [2.05, 4.69) is 31.2 Å². The molecule has 0 aliphatic carbocycles. The summed E-state index contributed by atoms with van der Waals surface area (Å²) in [7, 11) is 1.79. The molecule has 0 unspecified atom stereocenters. The summed E-state index contributed by atoms with van der Waals surface area (Å²) in [4.78, 5) is 8.98. The van der Waals surface area contributed by atoms with Gasteiger partial charge in [0.05, 0.1) is 10.7 Å². The Morgan fingerprint density at radius 3 is 2.52 bits per heavy atom. The Hall–Kier alpha value is -1.20. The molecule has 1 heterocycles. The molecule has 1 aromatic carbocycles. The minimum absolute atomic E-state index is 0.0580. The second-order valence-electron chi connectivity index (χ2n) is 5.03. The molecule has 1 N–H and O–H groups in total. The summed E-state index contributed by atoms with van der Waals surface area (Å²) >= 11 is 9.20. The summed E-state index contributed by atoms with van der Waals surface area (Å²) in [6.45, 7) is 5.86. The van der Waals surface area contributed by atoms with Gasteiger partial charge in [0.2, 0.25) is 0 Å². The highest BCUT2D eigenvalue weighted by atomic mass is 79.9. The van der Waals surface area contributed by atoms with Gasteiger partial charge in [-0.2, -0.15) is 0 Å². The van der Waals surface area contributed by atoms with Crippen LogP contribution >= 0.6 is 27.5 Å². The third-order valence-electron chi connectivity index (χ3n) is 3.21. The second kappa shape index (κ2) is 6.28. The number of benzene rings is 1. The standard InChI is InChI=1S/C15H16BrClFN3/c1-7(2)14-20-13(8(3)15(19-4)21-14)9-5-6-10(16)11(17)12(9)18/h5-7H,1-4H3,(H,19,20,21). The number of nitrogens with zero attached hydrogens (tertiary/aromatic N) is 2. The SMILES string of the molecule is CNc1nc(C(C)C)nc(-c2ccc(Br)c(Cl)c2F)c1C. The lowest BCUT2D eigenvalue weighted by Gasteiger charge is -2.15. The van der Waals surface area contributed by atoms with Gasteiger partial charge in [-0.15, -0.1) is 0 Å². The highest BCUT2D eigenvalue weighted by Crippen LogP contribution is 2.35. The van der Waals surface area contributed by atoms with Gasteiger partial charge in [-0.05, 0) is 35.0 Å². The van der Waals surface area contributed by atoms with Crippen molar-refractivity contribution in [2.24, 2.45) is 0 Å². The third-order valence-corrected chi connectivity index (χ3v) is 4.47. The predicted octanol–water partition coefficient (Wildman–Crippen LogP) is 5.17. The molecule has 1 aromatic heterocycles. The van der Waals surface area contributed by atoms with E-state index in [0.29, 0.717) is 27.4 Å². The zero-order chi connectivity index (χ0) is 15.7. The minimum Gasteiger partial charge on any atom is -0.373 e. The molecule has 0 aliphatic rings. The lowest BCUT2D eigenvalue weighted by molar-refractivity contribution is 0.629. The van der Waals surface area contributed by atoms with Crippen LogP contribution < -0.4 is 5.32 Å². The number of aromatic nitrogens is 2. The van der Waals surface area contributed by atoms with Crippen LogP contribution in [-0.4, -0.2) is 17.0 Å². The molecule has 0 radical (unpaired) electrons. The van der Waals surface area contributed by atoms with Crippen LogP contribution in [0.3, 0.4) is 0 Å². The van der Waals surface area contributed by atoms with E-state index in [-0.39, 0.29) is 10.9 Å². The average molecular weight is 373 g/mol. The minimum atomic E-state index is -0.482. The molecule has 0 bridgehead atoms. The molecule has 6 heteroatoms. The number of rotatable bonds is 3. The summed E-state index contributed by atoms with van der Waals surface area (Å²) < 4.78 is 15.0. The maximum atomic E-state index is 14.5. The van der Waals surface area contributed by atoms with Crippen LogP contribution in [0.5, 0.6) is 0 Å². The first kappa shape index (κ1) is 16.2. The molecule has 112 valence electrons. The van der Waals surface area contributed by atoms with Crippen molar-refractivity contribution in [2.75, 3.05) is 12.4 Å². The van der Waals surface area contributed by atoms with Crippen LogP contribution in [-0.2, 0) is 0 Å². The first-order valence-corrected chi connectivity index (χ1v) is 7.74. The van der Waals surface area contributed by atoms with Crippen LogP contribution in [0.4, 0.5) is 10.2 Å². The first-order chi connectivity index (χ1) is 9.86. The lowest BCUT2D eigenvalue weighted by Crippen LogP contribution is -2.07. The van der Waals surface area contributed by atoms with Crippen molar-refractivity contribution >= 4 is 33.3 Å². The Morgan fingerprint density at radius 2 is 1.95 bits per heavy atom. The monoisotopic (exact) mass is 371 g/mol. The Labute approximate surface area is 137 Å². The van der Waals surface area contributed by atoms with E-state index in [1.54, 1.807) is 19.2 Å². The fourth-order valence-electron chi connectivity index (χ4n) is 2.01. The molecule has 2 aromatic rings. The Balaban J connectivity index is 2.74. The van der Waals surface area contributed by atoms with E-state index in [1.165, 1.54) is 0 Å². The number of anilines is 1. The van der Waals surface area contributed by atoms with Crippen LogP contribution in [0.25, 0.3) is 11.3 Å². The summed E-state index contributed by atoms with van der Waals surface area (Å²) in [6, 6.07) is 3.39. The Bertz CT molecular complexity index is 689. The largest absolute Gasteiger partial charge is 0.373 e. The Kier molecular flexibility index (Phi) is 4.84. The van der Waals surface area contributed by atoms with Crippen molar-refractivity contribution in [3.63, 3.8) is 0 Å². The van der Waals surface area contributed by atoms with Gasteiger partial charge in [0, 0.05) is 28.6 Å².